The van der Waals surface area contributed by atoms with Gasteiger partial charge in [0, 0.05) is 13.7 Å². The molecule has 0 saturated carbocycles. The first-order valence-electron chi connectivity index (χ1n) is 4.59. The van der Waals surface area contributed by atoms with Gasteiger partial charge < -0.3 is 14.6 Å². The average Bonchev–Trinajstić information content (AvgIpc) is 2.22. The zero-order valence-electron chi connectivity index (χ0n) is 9.58. The van der Waals surface area contributed by atoms with Gasteiger partial charge in [0.15, 0.2) is 5.75 Å². The maximum Gasteiger partial charge on any atom is 0.322 e. The van der Waals surface area contributed by atoms with Crippen LogP contribution in [0.25, 0.3) is 0 Å². The summed E-state index contributed by atoms with van der Waals surface area (Å²) in [6.07, 6.45) is 0. The van der Waals surface area contributed by atoms with E-state index in [9.17, 15) is 18.0 Å². The van der Waals surface area contributed by atoms with E-state index < -0.39 is 34.3 Å². The molecule has 0 saturated heterocycles. The largest absolute Gasteiger partial charge is 0.480 e. The molecule has 0 fully saturated rings. The molecule has 0 aromatic carbocycles. The first kappa shape index (κ1) is 15.8. The fourth-order valence-electron chi connectivity index (χ4n) is 0.960. The molecule has 0 amide bonds. The SMILES string of the molecule is COCCN(CC(=O)O)S(=O)(=O)CC(=O)OC. The van der Waals surface area contributed by atoms with Crippen LogP contribution in [-0.4, -0.2) is 69.4 Å². The summed E-state index contributed by atoms with van der Waals surface area (Å²) in [6, 6.07) is 0. The highest BCUT2D eigenvalue weighted by molar-refractivity contribution is 7.89. The Balaban J connectivity index is 4.75. The molecule has 9 heteroatoms. The minimum Gasteiger partial charge on any atom is -0.480 e. The number of carbonyl (C=O) groups is 2. The van der Waals surface area contributed by atoms with Gasteiger partial charge in [0.2, 0.25) is 10.0 Å². The molecule has 100 valence electrons. The van der Waals surface area contributed by atoms with Gasteiger partial charge in [-0.25, -0.2) is 8.42 Å². The van der Waals surface area contributed by atoms with E-state index in [0.717, 1.165) is 7.11 Å². The van der Waals surface area contributed by atoms with Gasteiger partial charge in [-0.3, -0.25) is 9.59 Å². The maximum absolute atomic E-state index is 11.6. The normalized spacial score (nSPS) is 11.5. The summed E-state index contributed by atoms with van der Waals surface area (Å²) in [5.41, 5.74) is 0. The zero-order chi connectivity index (χ0) is 13.5. The highest BCUT2D eigenvalue weighted by atomic mass is 32.2. The lowest BCUT2D eigenvalue weighted by Crippen LogP contribution is -2.41. The second-order valence-corrected chi connectivity index (χ2v) is 5.02. The smallest absolute Gasteiger partial charge is 0.322 e. The van der Waals surface area contributed by atoms with Crippen molar-refractivity contribution in [1.82, 2.24) is 4.31 Å². The Hall–Kier alpha value is -1.19. The van der Waals surface area contributed by atoms with Gasteiger partial charge in [0.1, 0.15) is 6.54 Å². The summed E-state index contributed by atoms with van der Waals surface area (Å²) >= 11 is 0. The molecule has 8 nitrogen and oxygen atoms in total. The van der Waals surface area contributed by atoms with Crippen LogP contribution in [0.5, 0.6) is 0 Å². The van der Waals surface area contributed by atoms with Crippen LogP contribution in [0.15, 0.2) is 0 Å². The van der Waals surface area contributed by atoms with Crippen LogP contribution in [0.2, 0.25) is 0 Å². The van der Waals surface area contributed by atoms with E-state index in [1.807, 2.05) is 0 Å². The molecule has 0 rings (SSSR count). The third-order valence-electron chi connectivity index (χ3n) is 1.78. The Morgan fingerprint density at radius 2 is 1.88 bits per heavy atom. The summed E-state index contributed by atoms with van der Waals surface area (Å²) in [6.45, 7) is -0.821. The number of carboxylic acid groups (broad SMARTS) is 1. The Bertz CT molecular complexity index is 364. The van der Waals surface area contributed by atoms with Crippen LogP contribution in [0.4, 0.5) is 0 Å². The van der Waals surface area contributed by atoms with E-state index in [1.54, 1.807) is 0 Å². The van der Waals surface area contributed by atoms with Gasteiger partial charge in [-0.1, -0.05) is 0 Å². The summed E-state index contributed by atoms with van der Waals surface area (Å²) in [4.78, 5) is 21.4. The van der Waals surface area contributed by atoms with Crippen LogP contribution in [0, 0.1) is 0 Å². The van der Waals surface area contributed by atoms with Gasteiger partial charge in [0.05, 0.1) is 13.7 Å². The highest BCUT2D eigenvalue weighted by Crippen LogP contribution is 2.02. The predicted octanol–water partition coefficient (Wildman–Crippen LogP) is -1.48. The van der Waals surface area contributed by atoms with E-state index in [1.165, 1.54) is 7.11 Å². The van der Waals surface area contributed by atoms with Crippen LogP contribution in [0.3, 0.4) is 0 Å². The third kappa shape index (κ3) is 6.19. The number of ether oxygens (including phenoxy) is 2. The van der Waals surface area contributed by atoms with E-state index in [0.29, 0.717) is 4.31 Å². The molecular weight excluding hydrogens is 254 g/mol. The molecule has 0 heterocycles. The van der Waals surface area contributed by atoms with Gasteiger partial charge >= 0.3 is 11.9 Å². The Morgan fingerprint density at radius 3 is 2.29 bits per heavy atom. The van der Waals surface area contributed by atoms with Crippen LogP contribution >= 0.6 is 0 Å². The topological polar surface area (TPSA) is 110 Å². The lowest BCUT2D eigenvalue weighted by atomic mass is 10.6. The molecule has 17 heavy (non-hydrogen) atoms. The van der Waals surface area contributed by atoms with Gasteiger partial charge in [0.25, 0.3) is 0 Å². The number of nitrogens with zero attached hydrogens (tertiary/aromatic N) is 1. The number of carboxylic acids is 1. The fraction of sp³-hybridized carbons (Fsp3) is 0.750. The maximum atomic E-state index is 11.6. The first-order valence-corrected chi connectivity index (χ1v) is 6.19. The van der Waals surface area contributed by atoms with E-state index in [-0.39, 0.29) is 13.2 Å². The molecule has 0 spiro atoms. The molecule has 0 aromatic rings. The standard InChI is InChI=1S/C8H15NO7S/c1-15-4-3-9(5-7(10)11)17(13,14)6-8(12)16-2/h3-6H2,1-2H3,(H,10,11). The number of rotatable bonds is 8. The van der Waals surface area contributed by atoms with Crippen molar-refractivity contribution < 1.29 is 32.6 Å². The molecule has 1 N–H and O–H groups in total. The number of hydrogen-bond acceptors (Lipinski definition) is 6. The first-order chi connectivity index (χ1) is 7.83. The van der Waals surface area contributed by atoms with Crippen molar-refractivity contribution in [2.45, 2.75) is 0 Å². The second-order valence-electron chi connectivity index (χ2n) is 3.05. The number of carbonyl (C=O) groups excluding carboxylic acids is 1. The van der Waals surface area contributed by atoms with E-state index in [4.69, 9.17) is 5.11 Å². The van der Waals surface area contributed by atoms with Gasteiger partial charge in [-0.2, -0.15) is 4.31 Å². The summed E-state index contributed by atoms with van der Waals surface area (Å²) < 4.78 is 32.8. The molecule has 0 aliphatic rings. The van der Waals surface area contributed by atoms with E-state index >= 15 is 0 Å². The van der Waals surface area contributed by atoms with Crippen molar-refractivity contribution in [3.63, 3.8) is 0 Å². The lowest BCUT2D eigenvalue weighted by Gasteiger charge is -2.18. The number of esters is 1. The molecule has 0 aliphatic heterocycles. The number of sulfonamides is 1. The van der Waals surface area contributed by atoms with Crippen molar-refractivity contribution in [2.24, 2.45) is 0 Å². The molecule has 0 aliphatic carbocycles. The molecular formula is C8H15NO7S. The second kappa shape index (κ2) is 7.20. The zero-order valence-corrected chi connectivity index (χ0v) is 10.4. The molecule has 0 atom stereocenters. The lowest BCUT2D eigenvalue weighted by molar-refractivity contribution is -0.139. The van der Waals surface area contributed by atoms with Crippen molar-refractivity contribution in [2.75, 3.05) is 39.7 Å². The summed E-state index contributed by atoms with van der Waals surface area (Å²) in [5, 5.41) is 8.57. The van der Waals surface area contributed by atoms with Crippen molar-refractivity contribution in [3.8, 4) is 0 Å². The van der Waals surface area contributed by atoms with Crippen molar-refractivity contribution in [1.29, 1.82) is 0 Å². The summed E-state index contributed by atoms with van der Waals surface area (Å²) in [7, 11) is -1.60. The summed E-state index contributed by atoms with van der Waals surface area (Å²) in [5.74, 6) is -3.15. The number of hydrogen-bond donors (Lipinski definition) is 1. The van der Waals surface area contributed by atoms with Gasteiger partial charge in [-0.15, -0.1) is 0 Å². The molecule has 0 radical (unpaired) electrons. The van der Waals surface area contributed by atoms with Crippen molar-refractivity contribution >= 4 is 22.0 Å². The molecule has 0 aromatic heterocycles. The quantitative estimate of drug-likeness (QED) is 0.535. The Kier molecular flexibility index (Phi) is 6.69. The van der Waals surface area contributed by atoms with E-state index in [2.05, 4.69) is 9.47 Å². The minimum absolute atomic E-state index is 0.0354. The molecule has 0 bridgehead atoms. The third-order valence-corrected chi connectivity index (χ3v) is 3.48. The minimum atomic E-state index is -4.00. The number of aliphatic carboxylic acids is 1. The van der Waals surface area contributed by atoms with Crippen LogP contribution < -0.4 is 0 Å². The molecule has 0 unspecified atom stereocenters. The Morgan fingerprint density at radius 1 is 1.29 bits per heavy atom. The predicted molar refractivity (Wildman–Crippen MR) is 56.9 cm³/mol. The fourth-order valence-corrected chi connectivity index (χ4v) is 2.22. The average molecular weight is 269 g/mol. The monoisotopic (exact) mass is 269 g/mol. The number of methoxy groups -OCH3 is 2. The highest BCUT2D eigenvalue weighted by Gasteiger charge is 2.27. The Labute approximate surface area is 99.2 Å². The van der Waals surface area contributed by atoms with Crippen LogP contribution in [0.1, 0.15) is 0 Å². The van der Waals surface area contributed by atoms with Crippen molar-refractivity contribution in [3.05, 3.63) is 0 Å². The van der Waals surface area contributed by atoms with Gasteiger partial charge in [-0.05, 0) is 0 Å². The van der Waals surface area contributed by atoms with Crippen LogP contribution in [-0.2, 0) is 29.1 Å².